The number of ether oxygens (including phenoxy) is 1. The van der Waals surface area contributed by atoms with Gasteiger partial charge in [0.25, 0.3) is 0 Å². The van der Waals surface area contributed by atoms with Gasteiger partial charge in [0, 0.05) is 6.07 Å². The predicted octanol–water partition coefficient (Wildman–Crippen LogP) is 4.08. The highest BCUT2D eigenvalue weighted by Gasteiger charge is 2.30. The fraction of sp³-hybridized carbons (Fsp3) is 0.133. The van der Waals surface area contributed by atoms with Crippen molar-refractivity contribution in [3.63, 3.8) is 0 Å². The van der Waals surface area contributed by atoms with Crippen LogP contribution in [0, 0.1) is 0 Å². The van der Waals surface area contributed by atoms with Crippen LogP contribution in [0.4, 0.5) is 13.2 Å². The van der Waals surface area contributed by atoms with Crippen molar-refractivity contribution in [3.05, 3.63) is 57.7 Å². The van der Waals surface area contributed by atoms with Gasteiger partial charge in [-0.05, 0) is 36.4 Å². The van der Waals surface area contributed by atoms with Crippen LogP contribution in [0.3, 0.4) is 0 Å². The van der Waals surface area contributed by atoms with Gasteiger partial charge in [0.15, 0.2) is 0 Å². The number of hydrogen-bond acceptors (Lipinski definition) is 3. The summed E-state index contributed by atoms with van der Waals surface area (Å²) < 4.78 is 45.1. The van der Waals surface area contributed by atoms with Crippen molar-refractivity contribution < 1.29 is 17.9 Å². The molecule has 0 N–H and O–H groups in total. The summed E-state index contributed by atoms with van der Waals surface area (Å²) in [6.07, 6.45) is -4.40. The van der Waals surface area contributed by atoms with Crippen LogP contribution in [0.25, 0.3) is 15.9 Å². The first-order valence-electron chi connectivity index (χ1n) is 6.27. The molecule has 0 unspecified atom stereocenters. The number of thiazole rings is 1. The lowest BCUT2D eigenvalue weighted by atomic mass is 10.2. The van der Waals surface area contributed by atoms with E-state index in [0.29, 0.717) is 17.0 Å². The van der Waals surface area contributed by atoms with E-state index in [1.54, 1.807) is 18.2 Å². The molecule has 3 rings (SSSR count). The van der Waals surface area contributed by atoms with E-state index in [9.17, 15) is 18.0 Å². The molecule has 0 aliphatic rings. The molecule has 0 aliphatic heterocycles. The molecule has 0 saturated heterocycles. The number of nitrogens with zero attached hydrogens (tertiary/aromatic N) is 1. The molecule has 0 atom stereocenters. The number of fused-ring (bicyclic) bond motifs is 1. The molecule has 7 heteroatoms. The summed E-state index contributed by atoms with van der Waals surface area (Å²) in [6, 6.07) is 9.67. The highest BCUT2D eigenvalue weighted by atomic mass is 32.1. The van der Waals surface area contributed by atoms with Crippen LogP contribution in [0.5, 0.6) is 5.75 Å². The molecule has 1 aromatic heterocycles. The molecule has 0 spiro atoms. The lowest BCUT2D eigenvalue weighted by Crippen LogP contribution is -2.11. The Morgan fingerprint density at radius 2 is 1.77 bits per heavy atom. The molecule has 22 heavy (non-hydrogen) atoms. The zero-order chi connectivity index (χ0) is 15.9. The Balaban J connectivity index is 2.17. The van der Waals surface area contributed by atoms with Crippen LogP contribution >= 0.6 is 11.3 Å². The Bertz CT molecular complexity index is 878. The molecule has 3 aromatic rings. The number of rotatable bonds is 2. The van der Waals surface area contributed by atoms with Crippen molar-refractivity contribution in [2.75, 3.05) is 7.11 Å². The van der Waals surface area contributed by atoms with E-state index < -0.39 is 11.7 Å². The maximum atomic E-state index is 12.6. The number of hydrogen-bond donors (Lipinski definition) is 0. The zero-order valence-corrected chi connectivity index (χ0v) is 12.2. The van der Waals surface area contributed by atoms with Gasteiger partial charge in [-0.3, -0.25) is 9.36 Å². The third-order valence-corrected chi connectivity index (χ3v) is 4.16. The summed E-state index contributed by atoms with van der Waals surface area (Å²) >= 11 is 1.03. The fourth-order valence-electron chi connectivity index (χ4n) is 2.17. The van der Waals surface area contributed by atoms with Gasteiger partial charge in [-0.25, -0.2) is 0 Å². The van der Waals surface area contributed by atoms with Gasteiger partial charge in [0.2, 0.25) is 0 Å². The van der Waals surface area contributed by atoms with Crippen molar-refractivity contribution >= 4 is 21.6 Å². The first-order valence-corrected chi connectivity index (χ1v) is 7.09. The van der Waals surface area contributed by atoms with Gasteiger partial charge in [0.1, 0.15) is 5.75 Å². The Kier molecular flexibility index (Phi) is 3.44. The van der Waals surface area contributed by atoms with Crippen LogP contribution in [-0.2, 0) is 6.18 Å². The monoisotopic (exact) mass is 325 g/mol. The minimum Gasteiger partial charge on any atom is -0.497 e. The molecule has 3 nitrogen and oxygen atoms in total. The normalized spacial score (nSPS) is 11.8. The summed E-state index contributed by atoms with van der Waals surface area (Å²) in [4.78, 5) is 11.9. The van der Waals surface area contributed by atoms with E-state index in [0.717, 1.165) is 28.2 Å². The number of alkyl halides is 3. The van der Waals surface area contributed by atoms with Gasteiger partial charge < -0.3 is 4.74 Å². The van der Waals surface area contributed by atoms with Gasteiger partial charge in [-0.2, -0.15) is 13.2 Å². The maximum absolute atomic E-state index is 12.6. The topological polar surface area (TPSA) is 31.2 Å². The maximum Gasteiger partial charge on any atom is 0.416 e. The van der Waals surface area contributed by atoms with E-state index in [1.165, 1.54) is 23.8 Å². The summed E-state index contributed by atoms with van der Waals surface area (Å²) in [7, 11) is 1.51. The average Bonchev–Trinajstić information content (AvgIpc) is 2.81. The average molecular weight is 325 g/mol. The number of benzene rings is 2. The van der Waals surface area contributed by atoms with Gasteiger partial charge in [-0.15, -0.1) is 0 Å². The molecule has 0 amide bonds. The minimum atomic E-state index is -4.40. The van der Waals surface area contributed by atoms with E-state index in [1.807, 2.05) is 0 Å². The summed E-state index contributed by atoms with van der Waals surface area (Å²) in [5.74, 6) is 0.575. The first-order chi connectivity index (χ1) is 10.4. The standard InChI is InChI=1S/C15H10F3NO2S/c1-21-11-6-7-13-12(8-11)19(14(20)22-13)10-4-2-9(3-5-10)15(16,17)18/h2-8H,1H3. The molecular formula is C15H10F3NO2S. The van der Waals surface area contributed by atoms with Crippen LogP contribution in [0.1, 0.15) is 5.56 Å². The zero-order valence-electron chi connectivity index (χ0n) is 11.3. The van der Waals surface area contributed by atoms with E-state index in [-0.39, 0.29) is 4.87 Å². The SMILES string of the molecule is COc1ccc2sc(=O)n(-c3ccc(C(F)(F)F)cc3)c2c1. The number of aromatic nitrogens is 1. The summed E-state index contributed by atoms with van der Waals surface area (Å²) in [5, 5.41) is 0. The highest BCUT2D eigenvalue weighted by Crippen LogP contribution is 2.30. The van der Waals surface area contributed by atoms with Crippen molar-refractivity contribution in [2.45, 2.75) is 6.18 Å². The minimum absolute atomic E-state index is 0.261. The highest BCUT2D eigenvalue weighted by molar-refractivity contribution is 7.16. The Morgan fingerprint density at radius 3 is 2.36 bits per heavy atom. The van der Waals surface area contributed by atoms with Crippen LogP contribution in [0.2, 0.25) is 0 Å². The van der Waals surface area contributed by atoms with Gasteiger partial charge >= 0.3 is 11.0 Å². The largest absolute Gasteiger partial charge is 0.497 e. The van der Waals surface area contributed by atoms with Gasteiger partial charge in [0.05, 0.1) is 28.6 Å². The Morgan fingerprint density at radius 1 is 1.09 bits per heavy atom. The Labute approximate surface area is 127 Å². The van der Waals surface area contributed by atoms with E-state index >= 15 is 0 Å². The van der Waals surface area contributed by atoms with Crippen LogP contribution in [-0.4, -0.2) is 11.7 Å². The molecular weight excluding hydrogens is 315 g/mol. The van der Waals surface area contributed by atoms with Crippen LogP contribution in [0.15, 0.2) is 47.3 Å². The predicted molar refractivity (Wildman–Crippen MR) is 79.0 cm³/mol. The molecule has 0 fully saturated rings. The third-order valence-electron chi connectivity index (χ3n) is 3.24. The van der Waals surface area contributed by atoms with Crippen molar-refractivity contribution in [1.82, 2.24) is 4.57 Å². The van der Waals surface area contributed by atoms with Crippen molar-refractivity contribution in [1.29, 1.82) is 0 Å². The lowest BCUT2D eigenvalue weighted by Gasteiger charge is -2.09. The number of halogens is 3. The molecule has 0 radical (unpaired) electrons. The third kappa shape index (κ3) is 2.48. The Hall–Kier alpha value is -2.28. The van der Waals surface area contributed by atoms with Gasteiger partial charge in [-0.1, -0.05) is 11.3 Å². The van der Waals surface area contributed by atoms with Crippen molar-refractivity contribution in [2.24, 2.45) is 0 Å². The molecule has 114 valence electrons. The molecule has 2 aromatic carbocycles. The molecule has 0 aliphatic carbocycles. The second-order valence-electron chi connectivity index (χ2n) is 4.58. The smallest absolute Gasteiger partial charge is 0.416 e. The van der Waals surface area contributed by atoms with Crippen molar-refractivity contribution in [3.8, 4) is 11.4 Å². The summed E-state index contributed by atoms with van der Waals surface area (Å²) in [5.41, 5.74) is 0.244. The molecule has 1 heterocycles. The van der Waals surface area contributed by atoms with Crippen LogP contribution < -0.4 is 9.61 Å². The molecule has 0 saturated carbocycles. The fourth-order valence-corrected chi connectivity index (χ4v) is 3.04. The second kappa shape index (κ2) is 5.17. The first kappa shape index (κ1) is 14.6. The van der Waals surface area contributed by atoms with E-state index in [4.69, 9.17) is 4.74 Å². The molecule has 0 bridgehead atoms. The summed E-state index contributed by atoms with van der Waals surface area (Å²) in [6.45, 7) is 0. The van der Waals surface area contributed by atoms with E-state index in [2.05, 4.69) is 0 Å². The lowest BCUT2D eigenvalue weighted by molar-refractivity contribution is -0.137. The second-order valence-corrected chi connectivity index (χ2v) is 5.57. The quantitative estimate of drug-likeness (QED) is 0.711. The number of methoxy groups -OCH3 is 1.